The number of nitrogens with two attached hydrogens (primary N) is 1. The zero-order chi connectivity index (χ0) is 16.0. The summed E-state index contributed by atoms with van der Waals surface area (Å²) >= 11 is 0. The maximum atomic E-state index is 13.8. The number of carbonyl (C=O) groups is 1. The van der Waals surface area contributed by atoms with E-state index in [2.05, 4.69) is 5.32 Å². The van der Waals surface area contributed by atoms with Gasteiger partial charge < -0.3 is 11.1 Å². The second kappa shape index (κ2) is 7.01. The van der Waals surface area contributed by atoms with E-state index in [-0.39, 0.29) is 42.1 Å². The first-order valence-corrected chi connectivity index (χ1v) is 8.96. The first kappa shape index (κ1) is 17.7. The number of benzene rings is 1. The van der Waals surface area contributed by atoms with Crippen LogP contribution in [0.5, 0.6) is 0 Å². The normalized spacial score (nSPS) is 34.2. The first-order chi connectivity index (χ1) is 11.1. The minimum Gasteiger partial charge on any atom is -0.349 e. The Hall–Kier alpha value is -1.13. The van der Waals surface area contributed by atoms with Gasteiger partial charge in [0.25, 0.3) is 0 Å². The summed E-state index contributed by atoms with van der Waals surface area (Å²) in [6.07, 6.45) is 6.96. The Labute approximate surface area is 149 Å². The van der Waals surface area contributed by atoms with Crippen LogP contribution in [-0.4, -0.2) is 11.9 Å². The summed E-state index contributed by atoms with van der Waals surface area (Å²) in [6.45, 7) is 0. The molecule has 5 heteroatoms. The Morgan fingerprint density at radius 1 is 1.17 bits per heavy atom. The molecular formula is C19H26ClFN2O. The van der Waals surface area contributed by atoms with Crippen LogP contribution in [0.15, 0.2) is 18.2 Å². The number of halogens is 2. The molecule has 0 heterocycles. The summed E-state index contributed by atoms with van der Waals surface area (Å²) in [7, 11) is 0. The average Bonchev–Trinajstić information content (AvgIpc) is 2.91. The molecule has 4 rings (SSSR count). The van der Waals surface area contributed by atoms with E-state index in [0.717, 1.165) is 30.4 Å². The van der Waals surface area contributed by atoms with Crippen molar-refractivity contribution in [3.63, 3.8) is 0 Å². The molecule has 1 amide bonds. The van der Waals surface area contributed by atoms with Crippen LogP contribution in [0, 0.1) is 23.6 Å². The molecular weight excluding hydrogens is 327 g/mol. The largest absolute Gasteiger partial charge is 0.349 e. The fourth-order valence-corrected chi connectivity index (χ4v) is 5.05. The molecule has 3 aliphatic rings. The molecule has 3 atom stereocenters. The summed E-state index contributed by atoms with van der Waals surface area (Å²) in [4.78, 5) is 12.7. The molecule has 2 bridgehead atoms. The predicted molar refractivity (Wildman–Crippen MR) is 94.4 cm³/mol. The minimum absolute atomic E-state index is 0. The second-order valence-electron chi connectivity index (χ2n) is 7.60. The lowest BCUT2D eigenvalue weighted by atomic mass is 9.65. The summed E-state index contributed by atoms with van der Waals surface area (Å²) in [6, 6.07) is 5.45. The summed E-state index contributed by atoms with van der Waals surface area (Å²) in [5.74, 6) is 1.11. The highest BCUT2D eigenvalue weighted by Crippen LogP contribution is 2.42. The van der Waals surface area contributed by atoms with Crippen molar-refractivity contribution in [2.45, 2.75) is 57.0 Å². The number of carbonyl (C=O) groups excluding carboxylic acids is 1. The fourth-order valence-electron chi connectivity index (χ4n) is 5.05. The van der Waals surface area contributed by atoms with Gasteiger partial charge >= 0.3 is 0 Å². The SMILES string of the molecule is Cl.NC1C2CCCC1CC(C(=O)NC1CCc3c(F)cccc31)C2. The quantitative estimate of drug-likeness (QED) is 0.855. The van der Waals surface area contributed by atoms with E-state index in [4.69, 9.17) is 5.73 Å². The molecule has 0 radical (unpaired) electrons. The Morgan fingerprint density at radius 2 is 1.88 bits per heavy atom. The van der Waals surface area contributed by atoms with Crippen molar-refractivity contribution in [3.8, 4) is 0 Å². The zero-order valence-corrected chi connectivity index (χ0v) is 14.7. The van der Waals surface area contributed by atoms with Gasteiger partial charge in [0.05, 0.1) is 6.04 Å². The Morgan fingerprint density at radius 3 is 2.58 bits per heavy atom. The van der Waals surface area contributed by atoms with Gasteiger partial charge in [-0.2, -0.15) is 0 Å². The molecule has 1 aromatic rings. The van der Waals surface area contributed by atoms with E-state index < -0.39 is 0 Å². The first-order valence-electron chi connectivity index (χ1n) is 8.96. The van der Waals surface area contributed by atoms with E-state index in [1.165, 1.54) is 25.3 Å². The number of fused-ring (bicyclic) bond motifs is 3. The maximum absolute atomic E-state index is 13.8. The molecule has 2 fully saturated rings. The van der Waals surface area contributed by atoms with Crippen LogP contribution in [0.25, 0.3) is 0 Å². The van der Waals surface area contributed by atoms with Crippen molar-refractivity contribution in [3.05, 3.63) is 35.1 Å². The van der Waals surface area contributed by atoms with Crippen LogP contribution in [0.3, 0.4) is 0 Å². The Bertz CT molecular complexity index is 609. The number of hydrogen-bond donors (Lipinski definition) is 2. The van der Waals surface area contributed by atoms with Crippen molar-refractivity contribution < 1.29 is 9.18 Å². The van der Waals surface area contributed by atoms with Crippen molar-refractivity contribution >= 4 is 18.3 Å². The molecule has 3 nitrogen and oxygen atoms in total. The molecule has 24 heavy (non-hydrogen) atoms. The van der Waals surface area contributed by atoms with Crippen LogP contribution in [-0.2, 0) is 11.2 Å². The van der Waals surface area contributed by atoms with E-state index in [1.54, 1.807) is 6.07 Å². The molecule has 0 saturated heterocycles. The molecule has 132 valence electrons. The summed E-state index contributed by atoms with van der Waals surface area (Å²) < 4.78 is 13.8. The van der Waals surface area contributed by atoms with Gasteiger partial charge in [-0.25, -0.2) is 4.39 Å². The number of hydrogen-bond acceptors (Lipinski definition) is 2. The highest BCUT2D eigenvalue weighted by atomic mass is 35.5. The van der Waals surface area contributed by atoms with E-state index in [1.807, 2.05) is 6.07 Å². The highest BCUT2D eigenvalue weighted by molar-refractivity contribution is 5.85. The van der Waals surface area contributed by atoms with Crippen molar-refractivity contribution in [2.24, 2.45) is 23.5 Å². The van der Waals surface area contributed by atoms with Gasteiger partial charge in [0.2, 0.25) is 5.91 Å². The van der Waals surface area contributed by atoms with Crippen LogP contribution in [0.2, 0.25) is 0 Å². The molecule has 3 unspecified atom stereocenters. The Balaban J connectivity index is 0.00000169. The molecule has 0 aromatic heterocycles. The molecule has 1 aromatic carbocycles. The molecule has 2 saturated carbocycles. The van der Waals surface area contributed by atoms with Crippen LogP contribution in [0.1, 0.15) is 55.7 Å². The fraction of sp³-hybridized carbons (Fsp3) is 0.632. The van der Waals surface area contributed by atoms with Crippen molar-refractivity contribution in [2.75, 3.05) is 0 Å². The lowest BCUT2D eigenvalue weighted by molar-refractivity contribution is -0.128. The number of rotatable bonds is 2. The lowest BCUT2D eigenvalue weighted by Crippen LogP contribution is -2.49. The zero-order valence-electron chi connectivity index (χ0n) is 13.8. The van der Waals surface area contributed by atoms with E-state index in [9.17, 15) is 9.18 Å². The van der Waals surface area contributed by atoms with E-state index >= 15 is 0 Å². The lowest BCUT2D eigenvalue weighted by Gasteiger charge is -2.43. The molecule has 0 aliphatic heterocycles. The summed E-state index contributed by atoms with van der Waals surface area (Å²) in [5, 5.41) is 3.19. The van der Waals surface area contributed by atoms with Crippen LogP contribution in [0.4, 0.5) is 4.39 Å². The average molecular weight is 353 g/mol. The van der Waals surface area contributed by atoms with Gasteiger partial charge in [-0.05, 0) is 67.6 Å². The van der Waals surface area contributed by atoms with Crippen LogP contribution < -0.4 is 11.1 Å². The third kappa shape index (κ3) is 3.06. The third-order valence-corrected chi connectivity index (χ3v) is 6.31. The molecule has 3 N–H and O–H groups in total. The monoisotopic (exact) mass is 352 g/mol. The number of amides is 1. The molecule has 0 spiro atoms. The molecule has 3 aliphatic carbocycles. The second-order valence-corrected chi connectivity index (χ2v) is 7.60. The maximum Gasteiger partial charge on any atom is 0.223 e. The summed E-state index contributed by atoms with van der Waals surface area (Å²) in [5.41, 5.74) is 8.06. The topological polar surface area (TPSA) is 55.1 Å². The van der Waals surface area contributed by atoms with Gasteiger partial charge in [0.15, 0.2) is 0 Å². The van der Waals surface area contributed by atoms with Gasteiger partial charge in [-0.1, -0.05) is 18.6 Å². The standard InChI is InChI=1S/C19H25FN2O.ClH/c20-16-6-2-5-15-14(16)7-8-17(15)22-19(23)13-9-11-3-1-4-12(10-13)18(11)21;/h2,5-6,11-13,17-18H,1,3-4,7-10,21H2,(H,22,23);1H. The van der Waals surface area contributed by atoms with Gasteiger partial charge in [-0.3, -0.25) is 4.79 Å². The van der Waals surface area contributed by atoms with Crippen molar-refractivity contribution in [1.29, 1.82) is 0 Å². The smallest absolute Gasteiger partial charge is 0.223 e. The predicted octanol–water partition coefficient (Wildman–Crippen LogP) is 3.50. The minimum atomic E-state index is -0.141. The third-order valence-electron chi connectivity index (χ3n) is 6.31. The van der Waals surface area contributed by atoms with E-state index in [0.29, 0.717) is 18.3 Å². The van der Waals surface area contributed by atoms with Gasteiger partial charge in [0, 0.05) is 12.0 Å². The van der Waals surface area contributed by atoms with Crippen molar-refractivity contribution in [1.82, 2.24) is 5.32 Å². The number of nitrogens with one attached hydrogen (secondary N) is 1. The Kier molecular flexibility index (Phi) is 5.16. The van der Waals surface area contributed by atoms with Gasteiger partial charge in [0.1, 0.15) is 5.82 Å². The van der Waals surface area contributed by atoms with Crippen LogP contribution >= 0.6 is 12.4 Å². The highest BCUT2D eigenvalue weighted by Gasteiger charge is 2.41. The van der Waals surface area contributed by atoms with Gasteiger partial charge in [-0.15, -0.1) is 12.4 Å².